The van der Waals surface area contributed by atoms with Gasteiger partial charge < -0.3 is 0 Å². The van der Waals surface area contributed by atoms with Crippen LogP contribution in [0.3, 0.4) is 0 Å². The quantitative estimate of drug-likeness (QED) is 0.817. The van der Waals surface area contributed by atoms with Crippen molar-refractivity contribution in [1.29, 1.82) is 0 Å². The molecule has 2 rings (SSSR count). The molecule has 1 atom stereocenters. The number of hydrogen-bond donors (Lipinski definition) is 0. The van der Waals surface area contributed by atoms with Gasteiger partial charge in [0.15, 0.2) is 0 Å². The lowest BCUT2D eigenvalue weighted by Gasteiger charge is -2.13. The predicted octanol–water partition coefficient (Wildman–Crippen LogP) is 2.81. The zero-order valence-electron chi connectivity index (χ0n) is 8.95. The van der Waals surface area contributed by atoms with Gasteiger partial charge in [-0.15, -0.1) is 10.2 Å². The maximum atomic E-state index is 5.75. The Morgan fingerprint density at radius 3 is 3.07 bits per heavy atom. The first-order chi connectivity index (χ1) is 7.28. The molecule has 1 unspecified atom stereocenters. The summed E-state index contributed by atoms with van der Waals surface area (Å²) < 4.78 is 0.550. The Bertz CT molecular complexity index is 315. The molecule has 0 aromatic carbocycles. The van der Waals surface area contributed by atoms with Crippen molar-refractivity contribution in [3.63, 3.8) is 0 Å². The highest BCUT2D eigenvalue weighted by Crippen LogP contribution is 2.24. The molecule has 0 saturated carbocycles. The summed E-state index contributed by atoms with van der Waals surface area (Å²) >= 11 is 7.24. The third-order valence-corrected chi connectivity index (χ3v) is 3.87. The fraction of sp³-hybridized carbons (Fsp3) is 0.800. The maximum absolute atomic E-state index is 5.75. The molecule has 1 aromatic heterocycles. The number of halogens is 1. The first-order valence-electron chi connectivity index (χ1n) is 5.48. The number of aromatic nitrogens is 2. The Labute approximate surface area is 99.5 Å². The lowest BCUT2D eigenvalue weighted by molar-refractivity contribution is 0.311. The molecule has 1 aliphatic heterocycles. The van der Waals surface area contributed by atoms with Gasteiger partial charge in [0.05, 0.1) is 6.54 Å². The minimum atomic E-state index is 0.550. The Balaban J connectivity index is 1.82. The second-order valence-electron chi connectivity index (χ2n) is 4.13. The molecule has 2 heterocycles. The van der Waals surface area contributed by atoms with E-state index in [9.17, 15) is 0 Å². The molecule has 0 aliphatic carbocycles. The van der Waals surface area contributed by atoms with Crippen molar-refractivity contribution in [1.82, 2.24) is 15.1 Å². The van der Waals surface area contributed by atoms with E-state index in [1.165, 1.54) is 43.7 Å². The predicted molar refractivity (Wildman–Crippen MR) is 63.2 cm³/mol. The first-order valence-corrected chi connectivity index (χ1v) is 6.67. The van der Waals surface area contributed by atoms with Crippen molar-refractivity contribution in [2.24, 2.45) is 5.92 Å². The first kappa shape index (κ1) is 11.3. The fourth-order valence-corrected chi connectivity index (χ4v) is 3.10. The van der Waals surface area contributed by atoms with Gasteiger partial charge in [-0.1, -0.05) is 24.7 Å². The SMILES string of the molecule is CCCC1CCN(Cc2nnc(Cl)s2)C1. The van der Waals surface area contributed by atoms with E-state index >= 15 is 0 Å². The Kier molecular flexibility index (Phi) is 3.94. The molecule has 0 radical (unpaired) electrons. The van der Waals surface area contributed by atoms with Crippen LogP contribution >= 0.6 is 22.9 Å². The third-order valence-electron chi connectivity index (χ3n) is 2.87. The van der Waals surface area contributed by atoms with Crippen LogP contribution in [0.5, 0.6) is 0 Å². The van der Waals surface area contributed by atoms with Crippen molar-refractivity contribution in [3.05, 3.63) is 9.47 Å². The van der Waals surface area contributed by atoms with Crippen LogP contribution in [0.1, 0.15) is 31.2 Å². The molecule has 0 N–H and O–H groups in total. The molecular formula is C10H16ClN3S. The molecule has 0 spiro atoms. The summed E-state index contributed by atoms with van der Waals surface area (Å²) in [5, 5.41) is 8.91. The van der Waals surface area contributed by atoms with Crippen LogP contribution in [-0.2, 0) is 6.54 Å². The van der Waals surface area contributed by atoms with Crippen LogP contribution in [-0.4, -0.2) is 28.2 Å². The molecule has 0 amide bonds. The van der Waals surface area contributed by atoms with E-state index in [0.29, 0.717) is 4.47 Å². The van der Waals surface area contributed by atoms with Crippen LogP contribution in [0.25, 0.3) is 0 Å². The van der Waals surface area contributed by atoms with E-state index in [1.807, 2.05) is 0 Å². The number of hydrogen-bond acceptors (Lipinski definition) is 4. The maximum Gasteiger partial charge on any atom is 0.207 e. The minimum absolute atomic E-state index is 0.550. The lowest BCUT2D eigenvalue weighted by atomic mass is 10.0. The van der Waals surface area contributed by atoms with Gasteiger partial charge in [0.1, 0.15) is 5.01 Å². The third kappa shape index (κ3) is 3.13. The van der Waals surface area contributed by atoms with Crippen molar-refractivity contribution in [2.45, 2.75) is 32.7 Å². The average molecular weight is 246 g/mol. The number of rotatable bonds is 4. The molecule has 1 saturated heterocycles. The van der Waals surface area contributed by atoms with Gasteiger partial charge >= 0.3 is 0 Å². The molecular weight excluding hydrogens is 230 g/mol. The average Bonchev–Trinajstić information content (AvgIpc) is 2.78. The van der Waals surface area contributed by atoms with Crippen molar-refractivity contribution in [3.8, 4) is 0 Å². The summed E-state index contributed by atoms with van der Waals surface area (Å²) in [6, 6.07) is 0. The summed E-state index contributed by atoms with van der Waals surface area (Å²) in [5.41, 5.74) is 0. The number of likely N-dealkylation sites (tertiary alicyclic amines) is 1. The molecule has 3 nitrogen and oxygen atoms in total. The highest BCUT2D eigenvalue weighted by molar-refractivity contribution is 7.15. The fourth-order valence-electron chi connectivity index (χ4n) is 2.19. The molecule has 1 aliphatic rings. The normalized spacial score (nSPS) is 22.4. The summed E-state index contributed by atoms with van der Waals surface area (Å²) in [6.07, 6.45) is 3.98. The molecule has 84 valence electrons. The van der Waals surface area contributed by atoms with Crippen LogP contribution in [0.15, 0.2) is 0 Å². The van der Waals surface area contributed by atoms with Crippen LogP contribution in [0, 0.1) is 5.92 Å². The van der Waals surface area contributed by atoms with E-state index in [0.717, 1.165) is 17.5 Å². The molecule has 0 bridgehead atoms. The van der Waals surface area contributed by atoms with Gasteiger partial charge in [0.2, 0.25) is 4.47 Å². The second kappa shape index (κ2) is 5.23. The summed E-state index contributed by atoms with van der Waals surface area (Å²) in [4.78, 5) is 2.46. The topological polar surface area (TPSA) is 29.0 Å². The largest absolute Gasteiger partial charge is 0.296 e. The van der Waals surface area contributed by atoms with Gasteiger partial charge in [-0.2, -0.15) is 0 Å². The van der Waals surface area contributed by atoms with E-state index < -0.39 is 0 Å². The van der Waals surface area contributed by atoms with E-state index in [4.69, 9.17) is 11.6 Å². The summed E-state index contributed by atoms with van der Waals surface area (Å²) in [6.45, 7) is 5.59. The second-order valence-corrected chi connectivity index (χ2v) is 5.77. The van der Waals surface area contributed by atoms with Crippen LogP contribution < -0.4 is 0 Å². The van der Waals surface area contributed by atoms with Crippen molar-refractivity contribution in [2.75, 3.05) is 13.1 Å². The Morgan fingerprint density at radius 2 is 2.40 bits per heavy atom. The number of nitrogens with zero attached hydrogens (tertiary/aromatic N) is 3. The Morgan fingerprint density at radius 1 is 1.53 bits per heavy atom. The standard InChI is InChI=1S/C10H16ClN3S/c1-2-3-8-4-5-14(6-8)7-9-12-13-10(11)15-9/h8H,2-7H2,1H3. The molecule has 1 fully saturated rings. The van der Waals surface area contributed by atoms with Gasteiger partial charge in [-0.25, -0.2) is 0 Å². The van der Waals surface area contributed by atoms with Gasteiger partial charge in [0, 0.05) is 6.54 Å². The van der Waals surface area contributed by atoms with Gasteiger partial charge in [-0.3, -0.25) is 4.90 Å². The van der Waals surface area contributed by atoms with Crippen molar-refractivity contribution >= 4 is 22.9 Å². The summed E-state index contributed by atoms with van der Waals surface area (Å²) in [5.74, 6) is 0.887. The van der Waals surface area contributed by atoms with Gasteiger partial charge in [0.25, 0.3) is 0 Å². The van der Waals surface area contributed by atoms with Crippen LogP contribution in [0.4, 0.5) is 0 Å². The molecule has 15 heavy (non-hydrogen) atoms. The smallest absolute Gasteiger partial charge is 0.207 e. The monoisotopic (exact) mass is 245 g/mol. The zero-order valence-corrected chi connectivity index (χ0v) is 10.5. The molecule has 1 aromatic rings. The Hall–Kier alpha value is -0.190. The van der Waals surface area contributed by atoms with E-state index in [2.05, 4.69) is 22.0 Å². The summed E-state index contributed by atoms with van der Waals surface area (Å²) in [7, 11) is 0. The van der Waals surface area contributed by atoms with Crippen molar-refractivity contribution < 1.29 is 0 Å². The van der Waals surface area contributed by atoms with E-state index in [-0.39, 0.29) is 0 Å². The molecule has 5 heteroatoms. The highest BCUT2D eigenvalue weighted by atomic mass is 35.5. The minimum Gasteiger partial charge on any atom is -0.296 e. The van der Waals surface area contributed by atoms with Crippen LogP contribution in [0.2, 0.25) is 4.47 Å². The highest BCUT2D eigenvalue weighted by Gasteiger charge is 2.22. The zero-order chi connectivity index (χ0) is 10.7. The van der Waals surface area contributed by atoms with E-state index in [1.54, 1.807) is 0 Å². The lowest BCUT2D eigenvalue weighted by Crippen LogP contribution is -2.19. The van der Waals surface area contributed by atoms with Gasteiger partial charge in [-0.05, 0) is 36.9 Å².